The minimum atomic E-state index is -0.220. The zero-order chi connectivity index (χ0) is 15.1. The van der Waals surface area contributed by atoms with Crippen LogP contribution in [0.1, 0.15) is 16.2 Å². The predicted molar refractivity (Wildman–Crippen MR) is 79.0 cm³/mol. The summed E-state index contributed by atoms with van der Waals surface area (Å²) in [7, 11) is 3.90. The normalized spacial score (nSPS) is 10.6. The molecule has 0 aromatic carbocycles. The highest BCUT2D eigenvalue weighted by atomic mass is 16.3. The van der Waals surface area contributed by atoms with E-state index in [1.165, 1.54) is 12.4 Å². The zero-order valence-electron chi connectivity index (χ0n) is 12.2. The molecule has 112 valence electrons. The third-order valence-corrected chi connectivity index (χ3v) is 2.75. The Kier molecular flexibility index (Phi) is 5.28. The number of carbonyl (C=O) groups excluding carboxylic acids is 1. The third kappa shape index (κ3) is 4.88. The van der Waals surface area contributed by atoms with Gasteiger partial charge in [0.05, 0.1) is 25.2 Å². The molecule has 7 nitrogen and oxygen atoms in total. The fourth-order valence-electron chi connectivity index (χ4n) is 1.61. The van der Waals surface area contributed by atoms with Crippen LogP contribution in [0.5, 0.6) is 0 Å². The summed E-state index contributed by atoms with van der Waals surface area (Å²) >= 11 is 0. The van der Waals surface area contributed by atoms with E-state index in [2.05, 4.69) is 20.6 Å². The summed E-state index contributed by atoms with van der Waals surface area (Å²) in [6, 6.07) is 3.69. The lowest BCUT2D eigenvalue weighted by atomic mass is 10.4. The molecule has 0 radical (unpaired) electrons. The second-order valence-electron chi connectivity index (χ2n) is 4.78. The van der Waals surface area contributed by atoms with Crippen molar-refractivity contribution in [3.05, 3.63) is 42.2 Å². The zero-order valence-corrected chi connectivity index (χ0v) is 12.2. The van der Waals surface area contributed by atoms with Crippen LogP contribution in [0.2, 0.25) is 0 Å². The number of carbonyl (C=O) groups is 1. The number of nitrogens with zero attached hydrogens (tertiary/aromatic N) is 3. The highest BCUT2D eigenvalue weighted by Gasteiger charge is 2.07. The standard InChI is InChI=1S/C14H19N5O2/c1-19(2)6-5-15-14(20)12-9-18-13(10-16-12)17-8-11-4-3-7-21-11/h3-4,7,9-10H,5-6,8H2,1-2H3,(H,15,20)(H,17,18). The Morgan fingerprint density at radius 1 is 1.33 bits per heavy atom. The van der Waals surface area contributed by atoms with Crippen LogP contribution < -0.4 is 10.6 Å². The number of likely N-dealkylation sites (N-methyl/N-ethyl adjacent to an activating group) is 1. The molecule has 0 saturated heterocycles. The molecule has 0 bridgehead atoms. The summed E-state index contributed by atoms with van der Waals surface area (Å²) in [5, 5.41) is 5.85. The van der Waals surface area contributed by atoms with Gasteiger partial charge in [0, 0.05) is 13.1 Å². The molecule has 0 aliphatic heterocycles. The highest BCUT2D eigenvalue weighted by Crippen LogP contribution is 2.05. The lowest BCUT2D eigenvalue weighted by Gasteiger charge is -2.10. The molecule has 0 aliphatic carbocycles. The Hall–Kier alpha value is -2.41. The van der Waals surface area contributed by atoms with Gasteiger partial charge in [-0.05, 0) is 26.2 Å². The summed E-state index contributed by atoms with van der Waals surface area (Å²) in [6.07, 6.45) is 4.60. The van der Waals surface area contributed by atoms with E-state index < -0.39 is 0 Å². The van der Waals surface area contributed by atoms with Crippen molar-refractivity contribution in [2.24, 2.45) is 0 Å². The highest BCUT2D eigenvalue weighted by molar-refractivity contribution is 5.91. The summed E-state index contributed by atoms with van der Waals surface area (Å²) in [6.45, 7) is 1.88. The van der Waals surface area contributed by atoms with Crippen molar-refractivity contribution in [3.63, 3.8) is 0 Å². The Labute approximate surface area is 123 Å². The first kappa shape index (κ1) is 15.0. The van der Waals surface area contributed by atoms with Crippen molar-refractivity contribution in [2.75, 3.05) is 32.5 Å². The summed E-state index contributed by atoms with van der Waals surface area (Å²) in [5.41, 5.74) is 0.303. The van der Waals surface area contributed by atoms with Gasteiger partial charge in [-0.3, -0.25) is 4.79 Å². The second kappa shape index (κ2) is 7.39. The van der Waals surface area contributed by atoms with Gasteiger partial charge in [-0.25, -0.2) is 9.97 Å². The molecule has 2 rings (SSSR count). The fraction of sp³-hybridized carbons (Fsp3) is 0.357. The number of nitrogens with one attached hydrogen (secondary N) is 2. The average molecular weight is 289 g/mol. The van der Waals surface area contributed by atoms with Crippen LogP contribution in [-0.2, 0) is 6.54 Å². The molecule has 7 heteroatoms. The molecule has 2 N–H and O–H groups in total. The van der Waals surface area contributed by atoms with Gasteiger partial charge in [-0.2, -0.15) is 0 Å². The van der Waals surface area contributed by atoms with E-state index in [0.717, 1.165) is 12.3 Å². The topological polar surface area (TPSA) is 83.3 Å². The Balaban J connectivity index is 1.82. The predicted octanol–water partition coefficient (Wildman–Crippen LogP) is 0.973. The Morgan fingerprint density at radius 3 is 2.81 bits per heavy atom. The van der Waals surface area contributed by atoms with Crippen LogP contribution in [0.4, 0.5) is 5.82 Å². The Morgan fingerprint density at radius 2 is 2.19 bits per heavy atom. The number of rotatable bonds is 7. The van der Waals surface area contributed by atoms with E-state index in [0.29, 0.717) is 24.6 Å². The van der Waals surface area contributed by atoms with Crippen LogP contribution in [-0.4, -0.2) is 48.0 Å². The third-order valence-electron chi connectivity index (χ3n) is 2.75. The molecule has 0 saturated carbocycles. The van der Waals surface area contributed by atoms with Crippen molar-refractivity contribution in [1.29, 1.82) is 0 Å². The van der Waals surface area contributed by atoms with Gasteiger partial charge in [0.2, 0.25) is 0 Å². The maximum absolute atomic E-state index is 11.8. The van der Waals surface area contributed by atoms with Crippen LogP contribution in [0.15, 0.2) is 35.2 Å². The van der Waals surface area contributed by atoms with Crippen molar-refractivity contribution in [2.45, 2.75) is 6.54 Å². The first-order valence-electron chi connectivity index (χ1n) is 6.66. The SMILES string of the molecule is CN(C)CCNC(=O)c1cnc(NCc2ccco2)cn1. The lowest BCUT2D eigenvalue weighted by Crippen LogP contribution is -2.31. The van der Waals surface area contributed by atoms with Crippen LogP contribution in [0.25, 0.3) is 0 Å². The van der Waals surface area contributed by atoms with Gasteiger partial charge >= 0.3 is 0 Å². The monoisotopic (exact) mass is 289 g/mol. The smallest absolute Gasteiger partial charge is 0.271 e. The molecule has 21 heavy (non-hydrogen) atoms. The van der Waals surface area contributed by atoms with Gasteiger partial charge in [-0.15, -0.1) is 0 Å². The Bertz CT molecular complexity index is 551. The first-order chi connectivity index (χ1) is 10.1. The van der Waals surface area contributed by atoms with E-state index in [1.807, 2.05) is 31.1 Å². The molecule has 1 amide bonds. The van der Waals surface area contributed by atoms with Crippen molar-refractivity contribution in [1.82, 2.24) is 20.2 Å². The molecule has 2 aromatic rings. The molecule has 0 unspecified atom stereocenters. The van der Waals surface area contributed by atoms with Crippen molar-refractivity contribution < 1.29 is 9.21 Å². The van der Waals surface area contributed by atoms with Gasteiger partial charge in [0.25, 0.3) is 5.91 Å². The molecule has 2 heterocycles. The number of amides is 1. The molecule has 2 aromatic heterocycles. The summed E-state index contributed by atoms with van der Waals surface area (Å²) < 4.78 is 5.20. The van der Waals surface area contributed by atoms with Crippen molar-refractivity contribution >= 4 is 11.7 Å². The molecular formula is C14H19N5O2. The van der Waals surface area contributed by atoms with E-state index in [4.69, 9.17) is 4.42 Å². The maximum Gasteiger partial charge on any atom is 0.271 e. The quantitative estimate of drug-likeness (QED) is 0.790. The molecular weight excluding hydrogens is 270 g/mol. The van der Waals surface area contributed by atoms with Crippen molar-refractivity contribution in [3.8, 4) is 0 Å². The van der Waals surface area contributed by atoms with Gasteiger partial charge in [-0.1, -0.05) is 0 Å². The van der Waals surface area contributed by atoms with E-state index >= 15 is 0 Å². The molecule has 0 spiro atoms. The minimum Gasteiger partial charge on any atom is -0.467 e. The first-order valence-corrected chi connectivity index (χ1v) is 6.66. The number of furan rings is 1. The fourth-order valence-corrected chi connectivity index (χ4v) is 1.61. The number of hydrogen-bond donors (Lipinski definition) is 2. The summed E-state index contributed by atoms with van der Waals surface area (Å²) in [5.74, 6) is 1.18. The van der Waals surface area contributed by atoms with E-state index in [-0.39, 0.29) is 5.91 Å². The maximum atomic E-state index is 11.8. The van der Waals surface area contributed by atoms with E-state index in [1.54, 1.807) is 6.26 Å². The number of aromatic nitrogens is 2. The number of anilines is 1. The van der Waals surface area contributed by atoms with Crippen LogP contribution >= 0.6 is 0 Å². The minimum absolute atomic E-state index is 0.220. The second-order valence-corrected chi connectivity index (χ2v) is 4.78. The van der Waals surface area contributed by atoms with Gasteiger partial charge < -0.3 is 20.0 Å². The molecule has 0 fully saturated rings. The lowest BCUT2D eigenvalue weighted by molar-refractivity contribution is 0.0945. The van der Waals surface area contributed by atoms with Crippen LogP contribution in [0, 0.1) is 0 Å². The van der Waals surface area contributed by atoms with Gasteiger partial charge in [0.1, 0.15) is 17.3 Å². The molecule has 0 atom stereocenters. The van der Waals surface area contributed by atoms with Crippen LogP contribution in [0.3, 0.4) is 0 Å². The summed E-state index contributed by atoms with van der Waals surface area (Å²) in [4.78, 5) is 22.1. The van der Waals surface area contributed by atoms with Gasteiger partial charge in [0.15, 0.2) is 0 Å². The van der Waals surface area contributed by atoms with E-state index in [9.17, 15) is 4.79 Å². The largest absolute Gasteiger partial charge is 0.467 e. The molecule has 0 aliphatic rings. The number of hydrogen-bond acceptors (Lipinski definition) is 6. The average Bonchev–Trinajstić information content (AvgIpc) is 2.98.